The van der Waals surface area contributed by atoms with E-state index in [1.165, 1.54) is 7.11 Å². The molecular formula is C10H20N2O3. The molecule has 0 aromatic heterocycles. The second-order valence-corrected chi connectivity index (χ2v) is 3.84. The van der Waals surface area contributed by atoms with Crippen LogP contribution in [0.25, 0.3) is 0 Å². The largest absolute Gasteiger partial charge is 0.468 e. The van der Waals surface area contributed by atoms with Gasteiger partial charge in [0.25, 0.3) is 0 Å². The maximum Gasteiger partial charge on any atom is 0.322 e. The average Bonchev–Trinajstić information content (AvgIpc) is 2.13. The van der Waals surface area contributed by atoms with Crippen LogP contribution in [0.4, 0.5) is 0 Å². The number of methoxy groups -OCH3 is 1. The van der Waals surface area contributed by atoms with Crippen LogP contribution in [-0.4, -0.2) is 49.6 Å². The minimum Gasteiger partial charge on any atom is -0.468 e. The number of nitrogens with zero attached hydrogens (tertiary/aromatic N) is 1. The second-order valence-electron chi connectivity index (χ2n) is 3.84. The molecule has 5 nitrogen and oxygen atoms in total. The molecule has 0 bridgehead atoms. The quantitative estimate of drug-likeness (QED) is 0.657. The molecule has 88 valence electrons. The van der Waals surface area contributed by atoms with E-state index in [0.717, 1.165) is 0 Å². The van der Waals surface area contributed by atoms with Crippen LogP contribution in [0.1, 0.15) is 20.8 Å². The van der Waals surface area contributed by atoms with Gasteiger partial charge >= 0.3 is 5.97 Å². The lowest BCUT2D eigenvalue weighted by atomic mass is 10.3. The number of carbonyl (C=O) groups excluding carboxylic acids is 2. The highest BCUT2D eigenvalue weighted by atomic mass is 16.5. The Labute approximate surface area is 90.8 Å². The number of rotatable bonds is 5. The number of ether oxygens (including phenoxy) is 1. The fourth-order valence-electron chi connectivity index (χ4n) is 1.08. The number of likely N-dealkylation sites (N-methyl/N-ethyl adjacent to an activating group) is 1. The van der Waals surface area contributed by atoms with Gasteiger partial charge in [0, 0.05) is 6.04 Å². The number of carbonyl (C=O) groups is 2. The standard InChI is InChI=1S/C10H20N2O3/c1-7(2)11-9(13)6-12(4)8(3)10(14)15-5/h7-8H,6H2,1-5H3,(H,11,13). The molecule has 1 N–H and O–H groups in total. The molecule has 0 heterocycles. The molecule has 1 unspecified atom stereocenters. The van der Waals surface area contributed by atoms with Crippen molar-refractivity contribution in [3.63, 3.8) is 0 Å². The van der Waals surface area contributed by atoms with Gasteiger partial charge in [0.05, 0.1) is 13.7 Å². The number of hydrogen-bond acceptors (Lipinski definition) is 4. The van der Waals surface area contributed by atoms with Crippen molar-refractivity contribution in [3.8, 4) is 0 Å². The predicted octanol–water partition coefficient (Wildman–Crippen LogP) is 0.00430. The average molecular weight is 216 g/mol. The molecule has 0 aliphatic heterocycles. The van der Waals surface area contributed by atoms with E-state index in [9.17, 15) is 9.59 Å². The molecule has 0 aliphatic rings. The van der Waals surface area contributed by atoms with Gasteiger partial charge in [-0.05, 0) is 27.8 Å². The van der Waals surface area contributed by atoms with E-state index in [4.69, 9.17) is 0 Å². The number of hydrogen-bond donors (Lipinski definition) is 1. The highest BCUT2D eigenvalue weighted by Gasteiger charge is 2.20. The first kappa shape index (κ1) is 13.9. The summed E-state index contributed by atoms with van der Waals surface area (Å²) in [6.07, 6.45) is 0. The van der Waals surface area contributed by atoms with Crippen molar-refractivity contribution < 1.29 is 14.3 Å². The summed E-state index contributed by atoms with van der Waals surface area (Å²) in [6.45, 7) is 5.67. The van der Waals surface area contributed by atoms with Gasteiger partial charge in [0.2, 0.25) is 5.91 Å². The maximum atomic E-state index is 11.4. The topological polar surface area (TPSA) is 58.6 Å². The Morgan fingerprint density at radius 2 is 1.87 bits per heavy atom. The van der Waals surface area contributed by atoms with Crippen LogP contribution in [-0.2, 0) is 14.3 Å². The van der Waals surface area contributed by atoms with E-state index in [-0.39, 0.29) is 24.5 Å². The van der Waals surface area contributed by atoms with Crippen LogP contribution >= 0.6 is 0 Å². The third-order valence-electron chi connectivity index (χ3n) is 2.05. The fraction of sp³-hybridized carbons (Fsp3) is 0.800. The summed E-state index contributed by atoms with van der Waals surface area (Å²) in [5.74, 6) is -0.432. The van der Waals surface area contributed by atoms with Gasteiger partial charge in [-0.3, -0.25) is 14.5 Å². The lowest BCUT2D eigenvalue weighted by molar-refractivity contribution is -0.146. The first-order valence-corrected chi connectivity index (χ1v) is 4.96. The Morgan fingerprint density at radius 3 is 2.27 bits per heavy atom. The molecule has 0 fully saturated rings. The molecule has 0 saturated carbocycles. The third-order valence-corrected chi connectivity index (χ3v) is 2.05. The van der Waals surface area contributed by atoms with Gasteiger partial charge in [-0.15, -0.1) is 0 Å². The Bertz CT molecular complexity index is 229. The summed E-state index contributed by atoms with van der Waals surface area (Å²) < 4.78 is 4.58. The van der Waals surface area contributed by atoms with Gasteiger partial charge in [0.1, 0.15) is 6.04 Å². The van der Waals surface area contributed by atoms with Crippen LogP contribution in [0.2, 0.25) is 0 Å². The molecule has 1 atom stereocenters. The maximum absolute atomic E-state index is 11.4. The summed E-state index contributed by atoms with van der Waals surface area (Å²) in [5.41, 5.74) is 0. The first-order chi connectivity index (χ1) is 6.88. The second kappa shape index (κ2) is 6.40. The minimum atomic E-state index is -0.409. The highest BCUT2D eigenvalue weighted by molar-refractivity contribution is 5.80. The molecule has 0 rings (SSSR count). The van der Waals surface area contributed by atoms with Gasteiger partial charge in [-0.25, -0.2) is 0 Å². The minimum absolute atomic E-state index is 0.0942. The van der Waals surface area contributed by atoms with E-state index in [0.29, 0.717) is 0 Å². The van der Waals surface area contributed by atoms with Gasteiger partial charge in [-0.1, -0.05) is 0 Å². The molecular weight excluding hydrogens is 196 g/mol. The van der Waals surface area contributed by atoms with Crippen LogP contribution in [0, 0.1) is 0 Å². The molecule has 0 aromatic rings. The SMILES string of the molecule is COC(=O)C(C)N(C)CC(=O)NC(C)C. The Hall–Kier alpha value is -1.10. The Balaban J connectivity index is 4.06. The Morgan fingerprint density at radius 1 is 1.33 bits per heavy atom. The third kappa shape index (κ3) is 5.37. The van der Waals surface area contributed by atoms with Crippen molar-refractivity contribution in [2.45, 2.75) is 32.9 Å². The summed E-state index contributed by atoms with van der Waals surface area (Å²) in [6, 6.07) is -0.299. The van der Waals surface area contributed by atoms with E-state index in [1.807, 2.05) is 13.8 Å². The predicted molar refractivity (Wildman–Crippen MR) is 57.4 cm³/mol. The summed E-state index contributed by atoms with van der Waals surface area (Å²) in [5, 5.41) is 2.75. The number of amides is 1. The molecule has 0 radical (unpaired) electrons. The summed E-state index contributed by atoms with van der Waals surface area (Å²) in [4.78, 5) is 24.2. The van der Waals surface area contributed by atoms with Crippen molar-refractivity contribution >= 4 is 11.9 Å². The van der Waals surface area contributed by atoms with Crippen LogP contribution in [0.3, 0.4) is 0 Å². The molecule has 5 heteroatoms. The Kier molecular flexibility index (Phi) is 5.93. The van der Waals surface area contributed by atoms with E-state index in [2.05, 4.69) is 10.1 Å². The molecule has 1 amide bonds. The molecule has 0 aromatic carbocycles. The number of esters is 1. The fourth-order valence-corrected chi connectivity index (χ4v) is 1.08. The van der Waals surface area contributed by atoms with Crippen molar-refractivity contribution in [3.05, 3.63) is 0 Å². The molecule has 0 aliphatic carbocycles. The highest BCUT2D eigenvalue weighted by Crippen LogP contribution is 1.97. The van der Waals surface area contributed by atoms with E-state index < -0.39 is 6.04 Å². The molecule has 0 saturated heterocycles. The normalized spacial score (nSPS) is 12.7. The van der Waals surface area contributed by atoms with Crippen molar-refractivity contribution in [2.24, 2.45) is 0 Å². The lowest BCUT2D eigenvalue weighted by Gasteiger charge is -2.22. The zero-order chi connectivity index (χ0) is 12.0. The van der Waals surface area contributed by atoms with Crippen LogP contribution in [0.5, 0.6) is 0 Å². The monoisotopic (exact) mass is 216 g/mol. The van der Waals surface area contributed by atoms with Crippen LogP contribution < -0.4 is 5.32 Å². The van der Waals surface area contributed by atoms with Crippen molar-refractivity contribution in [2.75, 3.05) is 20.7 Å². The van der Waals surface area contributed by atoms with Gasteiger partial charge < -0.3 is 10.1 Å². The van der Waals surface area contributed by atoms with E-state index >= 15 is 0 Å². The van der Waals surface area contributed by atoms with Crippen molar-refractivity contribution in [1.82, 2.24) is 10.2 Å². The van der Waals surface area contributed by atoms with Gasteiger partial charge in [0.15, 0.2) is 0 Å². The smallest absolute Gasteiger partial charge is 0.322 e. The zero-order valence-electron chi connectivity index (χ0n) is 10.0. The zero-order valence-corrected chi connectivity index (χ0v) is 10.0. The van der Waals surface area contributed by atoms with Crippen LogP contribution in [0.15, 0.2) is 0 Å². The summed E-state index contributed by atoms with van der Waals surface area (Å²) in [7, 11) is 3.04. The summed E-state index contributed by atoms with van der Waals surface area (Å²) >= 11 is 0. The van der Waals surface area contributed by atoms with Crippen molar-refractivity contribution in [1.29, 1.82) is 0 Å². The molecule has 0 spiro atoms. The number of nitrogens with one attached hydrogen (secondary N) is 1. The first-order valence-electron chi connectivity index (χ1n) is 4.96. The van der Waals surface area contributed by atoms with E-state index in [1.54, 1.807) is 18.9 Å². The lowest BCUT2D eigenvalue weighted by Crippen LogP contribution is -2.44. The molecule has 15 heavy (non-hydrogen) atoms. The van der Waals surface area contributed by atoms with Gasteiger partial charge in [-0.2, -0.15) is 0 Å².